The lowest BCUT2D eigenvalue weighted by atomic mass is 9.94. The zero-order chi connectivity index (χ0) is 13.7. The Kier molecular flexibility index (Phi) is 4.92. The van der Waals surface area contributed by atoms with E-state index < -0.39 is 0 Å². The zero-order valence-corrected chi connectivity index (χ0v) is 12.2. The molecular weight excluding hydrogens is 232 g/mol. The third-order valence-electron chi connectivity index (χ3n) is 3.54. The predicted octanol–water partition coefficient (Wildman–Crippen LogP) is 3.97. The van der Waals surface area contributed by atoms with Crippen LogP contribution in [0.25, 0.3) is 10.8 Å². The van der Waals surface area contributed by atoms with Crippen LogP contribution in [0.5, 0.6) is 0 Å². The molecule has 1 heterocycles. The van der Waals surface area contributed by atoms with E-state index in [-0.39, 0.29) is 0 Å². The highest BCUT2D eigenvalue weighted by atomic mass is 14.8. The second kappa shape index (κ2) is 6.67. The number of pyridine rings is 1. The van der Waals surface area contributed by atoms with Crippen molar-refractivity contribution in [1.29, 1.82) is 0 Å². The van der Waals surface area contributed by atoms with Crippen molar-refractivity contribution >= 4 is 10.8 Å². The van der Waals surface area contributed by atoms with Gasteiger partial charge in [-0.15, -0.1) is 0 Å². The Morgan fingerprint density at radius 1 is 1.11 bits per heavy atom. The van der Waals surface area contributed by atoms with Crippen LogP contribution in [0.4, 0.5) is 0 Å². The number of aromatic nitrogens is 1. The zero-order valence-electron chi connectivity index (χ0n) is 12.2. The molecule has 0 amide bonds. The van der Waals surface area contributed by atoms with Gasteiger partial charge in [0.25, 0.3) is 0 Å². The van der Waals surface area contributed by atoms with E-state index in [0.717, 1.165) is 25.4 Å². The van der Waals surface area contributed by atoms with Crippen LogP contribution in [0.3, 0.4) is 0 Å². The maximum atomic E-state index is 4.37. The number of benzene rings is 1. The Labute approximate surface area is 116 Å². The molecule has 0 saturated carbocycles. The molecule has 2 heteroatoms. The van der Waals surface area contributed by atoms with Crippen LogP contribution >= 0.6 is 0 Å². The lowest BCUT2D eigenvalue weighted by Crippen LogP contribution is -2.21. The van der Waals surface area contributed by atoms with Gasteiger partial charge in [-0.2, -0.15) is 0 Å². The molecule has 102 valence electrons. The second-order valence-corrected chi connectivity index (χ2v) is 5.74. The molecule has 0 fully saturated rings. The summed E-state index contributed by atoms with van der Waals surface area (Å²) in [5.41, 5.74) is 1.37. The fourth-order valence-electron chi connectivity index (χ4n) is 2.40. The molecule has 0 aliphatic heterocycles. The number of hydrogen-bond donors (Lipinski definition) is 1. The summed E-state index contributed by atoms with van der Waals surface area (Å²) in [6, 6.07) is 8.51. The van der Waals surface area contributed by atoms with Gasteiger partial charge in [-0.05, 0) is 42.3 Å². The van der Waals surface area contributed by atoms with E-state index in [4.69, 9.17) is 0 Å². The first kappa shape index (κ1) is 14.0. The van der Waals surface area contributed by atoms with Crippen LogP contribution in [0, 0.1) is 5.92 Å². The number of nitrogens with one attached hydrogen (secondary N) is 1. The minimum Gasteiger partial charge on any atom is -0.316 e. The number of hydrogen-bond acceptors (Lipinski definition) is 2. The van der Waals surface area contributed by atoms with E-state index in [1.807, 2.05) is 12.4 Å². The van der Waals surface area contributed by atoms with Crippen LogP contribution in [-0.4, -0.2) is 18.1 Å². The van der Waals surface area contributed by atoms with Gasteiger partial charge in [-0.3, -0.25) is 4.98 Å². The number of fused-ring (bicyclic) bond motifs is 1. The maximum absolute atomic E-state index is 4.37. The quantitative estimate of drug-likeness (QED) is 0.791. The molecular formula is C17H24N2. The Bertz CT molecular complexity index is 514. The molecule has 0 radical (unpaired) electrons. The Balaban J connectivity index is 2.03. The van der Waals surface area contributed by atoms with E-state index in [0.29, 0.717) is 5.92 Å². The first-order valence-corrected chi connectivity index (χ1v) is 7.22. The van der Waals surface area contributed by atoms with Crippen molar-refractivity contribution in [3.8, 4) is 0 Å². The average molecular weight is 256 g/mol. The average Bonchev–Trinajstić information content (AvgIpc) is 2.42. The van der Waals surface area contributed by atoms with Gasteiger partial charge in [-0.25, -0.2) is 0 Å². The normalized spacial score (nSPS) is 13.1. The number of nitrogens with zero attached hydrogens (tertiary/aromatic N) is 1. The highest BCUT2D eigenvalue weighted by molar-refractivity contribution is 5.85. The van der Waals surface area contributed by atoms with Gasteiger partial charge in [0.15, 0.2) is 0 Å². The largest absolute Gasteiger partial charge is 0.316 e. The SMILES string of the molecule is CC(C)CNCCC(C)c1cncc2ccccc12. The maximum Gasteiger partial charge on any atom is 0.0346 e. The van der Waals surface area contributed by atoms with Crippen molar-refractivity contribution in [2.45, 2.75) is 33.1 Å². The van der Waals surface area contributed by atoms with Crippen LogP contribution < -0.4 is 5.32 Å². The summed E-state index contributed by atoms with van der Waals surface area (Å²) < 4.78 is 0. The van der Waals surface area contributed by atoms with E-state index in [1.54, 1.807) is 0 Å². The first-order chi connectivity index (χ1) is 9.18. The minimum absolute atomic E-state index is 0.540. The number of rotatable bonds is 6. The molecule has 0 bridgehead atoms. The van der Waals surface area contributed by atoms with Gasteiger partial charge in [0.05, 0.1) is 0 Å². The Morgan fingerprint density at radius 3 is 2.68 bits per heavy atom. The molecule has 19 heavy (non-hydrogen) atoms. The molecule has 2 aromatic rings. The molecule has 1 aromatic heterocycles. The molecule has 1 unspecified atom stereocenters. The van der Waals surface area contributed by atoms with Gasteiger partial charge >= 0.3 is 0 Å². The summed E-state index contributed by atoms with van der Waals surface area (Å²) in [7, 11) is 0. The van der Waals surface area contributed by atoms with Crippen LogP contribution in [-0.2, 0) is 0 Å². The molecule has 0 spiro atoms. The first-order valence-electron chi connectivity index (χ1n) is 7.22. The third-order valence-corrected chi connectivity index (χ3v) is 3.54. The molecule has 0 saturated heterocycles. The minimum atomic E-state index is 0.540. The van der Waals surface area contributed by atoms with E-state index in [9.17, 15) is 0 Å². The van der Waals surface area contributed by atoms with E-state index >= 15 is 0 Å². The highest BCUT2D eigenvalue weighted by Gasteiger charge is 2.09. The van der Waals surface area contributed by atoms with Crippen molar-refractivity contribution in [3.05, 3.63) is 42.2 Å². The fraction of sp³-hybridized carbons (Fsp3) is 0.471. The highest BCUT2D eigenvalue weighted by Crippen LogP contribution is 2.26. The summed E-state index contributed by atoms with van der Waals surface area (Å²) in [6.45, 7) is 8.94. The fourth-order valence-corrected chi connectivity index (χ4v) is 2.40. The van der Waals surface area contributed by atoms with Crippen molar-refractivity contribution < 1.29 is 0 Å². The lowest BCUT2D eigenvalue weighted by Gasteiger charge is -2.15. The lowest BCUT2D eigenvalue weighted by molar-refractivity contribution is 0.525. The van der Waals surface area contributed by atoms with Gasteiger partial charge in [0.2, 0.25) is 0 Å². The summed E-state index contributed by atoms with van der Waals surface area (Å²) in [4.78, 5) is 4.37. The summed E-state index contributed by atoms with van der Waals surface area (Å²) in [5, 5.41) is 6.09. The predicted molar refractivity (Wildman–Crippen MR) is 82.5 cm³/mol. The Morgan fingerprint density at radius 2 is 1.89 bits per heavy atom. The van der Waals surface area contributed by atoms with Crippen molar-refractivity contribution in [2.24, 2.45) is 5.92 Å². The molecule has 2 rings (SSSR count). The molecule has 1 aromatic carbocycles. The summed E-state index contributed by atoms with van der Waals surface area (Å²) in [5.74, 6) is 1.26. The van der Waals surface area contributed by atoms with Gasteiger partial charge < -0.3 is 5.32 Å². The monoisotopic (exact) mass is 256 g/mol. The molecule has 0 aliphatic carbocycles. The molecule has 2 nitrogen and oxygen atoms in total. The van der Waals surface area contributed by atoms with Crippen molar-refractivity contribution in [3.63, 3.8) is 0 Å². The second-order valence-electron chi connectivity index (χ2n) is 5.74. The van der Waals surface area contributed by atoms with Crippen LogP contribution in [0.2, 0.25) is 0 Å². The molecule has 1 N–H and O–H groups in total. The molecule has 1 atom stereocenters. The smallest absolute Gasteiger partial charge is 0.0346 e. The molecule has 0 aliphatic rings. The van der Waals surface area contributed by atoms with Gasteiger partial charge in [-0.1, -0.05) is 45.0 Å². The van der Waals surface area contributed by atoms with Crippen LogP contribution in [0.1, 0.15) is 38.7 Å². The third kappa shape index (κ3) is 3.77. The van der Waals surface area contributed by atoms with Gasteiger partial charge in [0, 0.05) is 17.8 Å². The summed E-state index contributed by atoms with van der Waals surface area (Å²) in [6.07, 6.45) is 5.13. The summed E-state index contributed by atoms with van der Waals surface area (Å²) >= 11 is 0. The van der Waals surface area contributed by atoms with Crippen molar-refractivity contribution in [2.75, 3.05) is 13.1 Å². The van der Waals surface area contributed by atoms with Crippen molar-refractivity contribution in [1.82, 2.24) is 10.3 Å². The van der Waals surface area contributed by atoms with E-state index in [2.05, 4.69) is 55.3 Å². The van der Waals surface area contributed by atoms with Crippen LogP contribution in [0.15, 0.2) is 36.7 Å². The van der Waals surface area contributed by atoms with E-state index in [1.165, 1.54) is 16.3 Å². The Hall–Kier alpha value is -1.41. The van der Waals surface area contributed by atoms with Gasteiger partial charge in [0.1, 0.15) is 0 Å². The topological polar surface area (TPSA) is 24.9 Å². The standard InChI is InChI=1S/C17H24N2/c1-13(2)10-18-9-8-14(3)17-12-19-11-15-6-4-5-7-16(15)17/h4-7,11-14,18H,8-10H2,1-3H3.